The van der Waals surface area contributed by atoms with Gasteiger partial charge in [0.25, 0.3) is 0 Å². The third-order valence-electron chi connectivity index (χ3n) is 2.60. The Labute approximate surface area is 97.6 Å². The fourth-order valence-electron chi connectivity index (χ4n) is 1.87. The van der Waals surface area contributed by atoms with Crippen LogP contribution in [0.5, 0.6) is 0 Å². The quantitative estimate of drug-likeness (QED) is 0.709. The van der Waals surface area contributed by atoms with Crippen molar-refractivity contribution in [3.8, 4) is 0 Å². The summed E-state index contributed by atoms with van der Waals surface area (Å²) in [6.45, 7) is 2.51. The molecule has 1 saturated heterocycles. The molecule has 2 unspecified atom stereocenters. The van der Waals surface area contributed by atoms with E-state index in [4.69, 9.17) is 0 Å². The Morgan fingerprint density at radius 3 is 2.87 bits per heavy atom. The smallest absolute Gasteiger partial charge is 0.0791 e. The number of likely N-dealkylation sites (N-methyl/N-ethyl adjacent to an activating group) is 1. The molecule has 15 heavy (non-hydrogen) atoms. The van der Waals surface area contributed by atoms with Gasteiger partial charge in [-0.1, -0.05) is 6.42 Å². The summed E-state index contributed by atoms with van der Waals surface area (Å²) in [5.74, 6) is 1.31. The Bertz CT molecular complexity index is 161. The maximum Gasteiger partial charge on any atom is 0.0791 e. The molecule has 0 saturated carbocycles. The molecule has 4 heteroatoms. The molecule has 0 amide bonds. The zero-order valence-electron chi connectivity index (χ0n) is 9.91. The Morgan fingerprint density at radius 1 is 1.47 bits per heavy atom. The van der Waals surface area contributed by atoms with Crippen molar-refractivity contribution in [3.63, 3.8) is 0 Å². The molecule has 0 bridgehead atoms. The summed E-state index contributed by atoms with van der Waals surface area (Å²) in [7, 11) is 3.97. The summed E-state index contributed by atoms with van der Waals surface area (Å²) in [5.41, 5.74) is 0. The fourth-order valence-corrected chi connectivity index (χ4v) is 3.14. The Kier molecular flexibility index (Phi) is 6.64. The Balaban J connectivity index is 1.99. The molecular formula is C11H24N2OS. The van der Waals surface area contributed by atoms with Crippen molar-refractivity contribution in [1.82, 2.24) is 10.2 Å². The van der Waals surface area contributed by atoms with Gasteiger partial charge in [0, 0.05) is 24.9 Å². The van der Waals surface area contributed by atoms with Crippen LogP contribution in [0.3, 0.4) is 0 Å². The van der Waals surface area contributed by atoms with Crippen LogP contribution in [0.2, 0.25) is 0 Å². The topological polar surface area (TPSA) is 35.5 Å². The number of nitrogens with zero attached hydrogens (tertiary/aromatic N) is 1. The standard InChI is InChI=1S/C11H24N2OS/c1-13(2)9-10(14)7-12-8-11-5-3-4-6-15-11/h10-12,14H,3-9H2,1-2H3. The van der Waals surface area contributed by atoms with Gasteiger partial charge >= 0.3 is 0 Å². The predicted octanol–water partition coefficient (Wildman–Crippen LogP) is 0.784. The summed E-state index contributed by atoms with van der Waals surface area (Å²) in [6, 6.07) is 0. The highest BCUT2D eigenvalue weighted by molar-refractivity contribution is 7.99. The lowest BCUT2D eigenvalue weighted by Gasteiger charge is -2.23. The van der Waals surface area contributed by atoms with Crippen LogP contribution in [-0.2, 0) is 0 Å². The maximum atomic E-state index is 9.64. The van der Waals surface area contributed by atoms with Crippen molar-refractivity contribution in [2.24, 2.45) is 0 Å². The van der Waals surface area contributed by atoms with Crippen LogP contribution in [0.1, 0.15) is 19.3 Å². The van der Waals surface area contributed by atoms with Crippen LogP contribution in [0.25, 0.3) is 0 Å². The second-order valence-electron chi connectivity index (χ2n) is 4.56. The first-order valence-electron chi connectivity index (χ1n) is 5.83. The van der Waals surface area contributed by atoms with E-state index < -0.39 is 0 Å². The van der Waals surface area contributed by atoms with Gasteiger partial charge in [-0.05, 0) is 32.7 Å². The van der Waals surface area contributed by atoms with E-state index in [-0.39, 0.29) is 6.10 Å². The summed E-state index contributed by atoms with van der Waals surface area (Å²) in [4.78, 5) is 2.02. The van der Waals surface area contributed by atoms with E-state index in [0.29, 0.717) is 0 Å². The molecule has 2 atom stereocenters. The third kappa shape index (κ3) is 6.40. The van der Waals surface area contributed by atoms with Crippen molar-refractivity contribution < 1.29 is 5.11 Å². The predicted molar refractivity (Wildman–Crippen MR) is 67.5 cm³/mol. The molecule has 90 valence electrons. The molecule has 1 fully saturated rings. The van der Waals surface area contributed by atoms with Crippen molar-refractivity contribution in [2.75, 3.05) is 39.5 Å². The minimum absolute atomic E-state index is 0.242. The van der Waals surface area contributed by atoms with Crippen molar-refractivity contribution >= 4 is 11.8 Å². The molecule has 1 aliphatic heterocycles. The first-order valence-corrected chi connectivity index (χ1v) is 6.88. The van der Waals surface area contributed by atoms with E-state index in [1.165, 1.54) is 25.0 Å². The van der Waals surface area contributed by atoms with E-state index >= 15 is 0 Å². The second-order valence-corrected chi connectivity index (χ2v) is 5.97. The molecule has 0 aliphatic carbocycles. The number of thioether (sulfide) groups is 1. The molecule has 1 aliphatic rings. The number of hydrogen-bond donors (Lipinski definition) is 2. The molecule has 0 aromatic carbocycles. The molecule has 0 radical (unpaired) electrons. The summed E-state index contributed by atoms with van der Waals surface area (Å²) < 4.78 is 0. The fraction of sp³-hybridized carbons (Fsp3) is 1.00. The molecule has 0 aromatic heterocycles. The molecule has 1 rings (SSSR count). The lowest BCUT2D eigenvalue weighted by atomic mass is 10.2. The van der Waals surface area contributed by atoms with Gasteiger partial charge in [-0.15, -0.1) is 0 Å². The Morgan fingerprint density at radius 2 is 2.27 bits per heavy atom. The first kappa shape index (κ1) is 13.3. The van der Waals surface area contributed by atoms with Crippen LogP contribution >= 0.6 is 11.8 Å². The minimum atomic E-state index is -0.242. The highest BCUT2D eigenvalue weighted by Crippen LogP contribution is 2.24. The van der Waals surface area contributed by atoms with E-state index in [0.717, 1.165) is 24.9 Å². The second kappa shape index (κ2) is 7.49. The number of aliphatic hydroxyl groups is 1. The molecule has 3 nitrogen and oxygen atoms in total. The largest absolute Gasteiger partial charge is 0.390 e. The summed E-state index contributed by atoms with van der Waals surface area (Å²) >= 11 is 2.07. The van der Waals surface area contributed by atoms with Gasteiger partial charge in [-0.25, -0.2) is 0 Å². The first-order chi connectivity index (χ1) is 7.18. The normalized spacial score (nSPS) is 24.4. The van der Waals surface area contributed by atoms with Gasteiger partial charge < -0.3 is 15.3 Å². The average Bonchev–Trinajstić information content (AvgIpc) is 2.18. The molecule has 1 heterocycles. The van der Waals surface area contributed by atoms with Crippen LogP contribution in [0.4, 0.5) is 0 Å². The van der Waals surface area contributed by atoms with Crippen molar-refractivity contribution in [1.29, 1.82) is 0 Å². The monoisotopic (exact) mass is 232 g/mol. The van der Waals surface area contributed by atoms with E-state index in [1.54, 1.807) is 0 Å². The minimum Gasteiger partial charge on any atom is -0.390 e. The van der Waals surface area contributed by atoms with Crippen LogP contribution in [0, 0.1) is 0 Å². The number of aliphatic hydroxyl groups excluding tert-OH is 1. The van der Waals surface area contributed by atoms with Crippen molar-refractivity contribution in [2.45, 2.75) is 30.6 Å². The van der Waals surface area contributed by atoms with E-state index in [9.17, 15) is 5.11 Å². The maximum absolute atomic E-state index is 9.64. The van der Waals surface area contributed by atoms with Crippen LogP contribution in [0.15, 0.2) is 0 Å². The van der Waals surface area contributed by atoms with Gasteiger partial charge in [0.1, 0.15) is 0 Å². The van der Waals surface area contributed by atoms with Gasteiger partial charge in [0.15, 0.2) is 0 Å². The molecular weight excluding hydrogens is 208 g/mol. The van der Waals surface area contributed by atoms with E-state index in [2.05, 4.69) is 17.1 Å². The van der Waals surface area contributed by atoms with E-state index in [1.807, 2.05) is 19.0 Å². The summed E-state index contributed by atoms with van der Waals surface area (Å²) in [6.07, 6.45) is 3.85. The lowest BCUT2D eigenvalue weighted by Crippen LogP contribution is -2.37. The number of nitrogens with one attached hydrogen (secondary N) is 1. The lowest BCUT2D eigenvalue weighted by molar-refractivity contribution is 0.135. The van der Waals surface area contributed by atoms with Crippen molar-refractivity contribution in [3.05, 3.63) is 0 Å². The van der Waals surface area contributed by atoms with Gasteiger partial charge in [0.05, 0.1) is 6.10 Å². The number of hydrogen-bond acceptors (Lipinski definition) is 4. The highest BCUT2D eigenvalue weighted by atomic mass is 32.2. The van der Waals surface area contributed by atoms with Gasteiger partial charge in [0.2, 0.25) is 0 Å². The average molecular weight is 232 g/mol. The third-order valence-corrected chi connectivity index (χ3v) is 4.00. The molecule has 0 spiro atoms. The molecule has 0 aromatic rings. The van der Waals surface area contributed by atoms with Gasteiger partial charge in [-0.3, -0.25) is 0 Å². The van der Waals surface area contributed by atoms with Gasteiger partial charge in [-0.2, -0.15) is 11.8 Å². The summed E-state index contributed by atoms with van der Waals surface area (Å²) in [5, 5.41) is 13.8. The SMILES string of the molecule is CN(C)CC(O)CNCC1CCCCS1. The molecule has 2 N–H and O–H groups in total. The zero-order chi connectivity index (χ0) is 11.1. The van der Waals surface area contributed by atoms with Crippen LogP contribution < -0.4 is 5.32 Å². The van der Waals surface area contributed by atoms with Crippen LogP contribution in [-0.4, -0.2) is 60.8 Å². The highest BCUT2D eigenvalue weighted by Gasteiger charge is 2.13. The number of rotatable bonds is 6. The Hall–Kier alpha value is 0.230. The zero-order valence-corrected chi connectivity index (χ0v) is 10.7.